The molecule has 1 aromatic carbocycles. The fraction of sp³-hybridized carbons (Fsp3) is 0.560. The summed E-state index contributed by atoms with van der Waals surface area (Å²) in [6.45, 7) is 0.393. The van der Waals surface area contributed by atoms with Gasteiger partial charge in [0.2, 0.25) is 11.8 Å². The fourth-order valence-corrected chi connectivity index (χ4v) is 5.06. The quantitative estimate of drug-likeness (QED) is 0.456. The van der Waals surface area contributed by atoms with Crippen LogP contribution in [-0.2, 0) is 9.59 Å². The van der Waals surface area contributed by atoms with Gasteiger partial charge in [0.1, 0.15) is 18.5 Å². The van der Waals surface area contributed by atoms with Crippen molar-refractivity contribution in [1.82, 2.24) is 10.2 Å². The van der Waals surface area contributed by atoms with Gasteiger partial charge < -0.3 is 29.9 Å². The highest BCUT2D eigenvalue weighted by atomic mass is 16.5. The van der Waals surface area contributed by atoms with Crippen LogP contribution in [0.1, 0.15) is 47.5 Å². The van der Waals surface area contributed by atoms with Crippen molar-refractivity contribution in [3.05, 3.63) is 34.9 Å². The minimum Gasteiger partial charge on any atom is -0.493 e. The van der Waals surface area contributed by atoms with Gasteiger partial charge in [0.15, 0.2) is 11.5 Å². The maximum Gasteiger partial charge on any atom is 0.247 e. The molecule has 2 fully saturated rings. The summed E-state index contributed by atoms with van der Waals surface area (Å²) in [5.41, 5.74) is 1.30. The van der Waals surface area contributed by atoms with Crippen LogP contribution >= 0.6 is 0 Å². The van der Waals surface area contributed by atoms with Crippen LogP contribution in [0.15, 0.2) is 23.8 Å². The van der Waals surface area contributed by atoms with E-state index in [9.17, 15) is 24.6 Å². The molecular formula is C25H30N2O7. The zero-order valence-corrected chi connectivity index (χ0v) is 19.1. The first-order valence-corrected chi connectivity index (χ1v) is 11.9. The summed E-state index contributed by atoms with van der Waals surface area (Å²) in [7, 11) is 1.46. The number of hydrogen-bond acceptors (Lipinski definition) is 7. The molecule has 4 atom stereocenters. The SMILES string of the molecule is COc1cc(C=O)cc2c1O[C@@H]1[C@@H](O)[C@H](N(CC3CC3)C(=O)C3CC3)C=C(C(=O)NCCO)[C@H]21. The first kappa shape index (κ1) is 22.9. The Morgan fingerprint density at radius 1 is 1.26 bits per heavy atom. The number of nitrogens with one attached hydrogen (secondary N) is 1. The number of aliphatic hydroxyl groups excluding tert-OH is 2. The standard InChI is InChI=1S/C25H30N2O7/c1-33-19-9-14(12-29)8-16-20-17(24(31)26-6-7-28)10-18(21(30)23(20)34-22(16)19)27(11-13-2-3-13)25(32)15-4-5-15/h8-10,12-13,15,18,20-21,23,28,30H,2-7,11H2,1H3,(H,26,31)/t18-,20+,21+,23+/m1/s1. The number of ether oxygens (including phenoxy) is 2. The van der Waals surface area contributed by atoms with Crippen molar-refractivity contribution in [2.24, 2.45) is 11.8 Å². The Morgan fingerprint density at radius 3 is 2.65 bits per heavy atom. The number of rotatable bonds is 9. The summed E-state index contributed by atoms with van der Waals surface area (Å²) in [5.74, 6) is 0.0655. The van der Waals surface area contributed by atoms with Crippen LogP contribution in [0.3, 0.4) is 0 Å². The highest BCUT2D eigenvalue weighted by Crippen LogP contribution is 2.51. The Balaban J connectivity index is 1.57. The van der Waals surface area contributed by atoms with Gasteiger partial charge in [-0.05, 0) is 49.8 Å². The van der Waals surface area contributed by atoms with E-state index in [2.05, 4.69) is 5.32 Å². The predicted octanol–water partition coefficient (Wildman–Crippen LogP) is 0.779. The number of nitrogens with zero attached hydrogens (tertiary/aromatic N) is 1. The first-order chi connectivity index (χ1) is 16.5. The van der Waals surface area contributed by atoms with E-state index >= 15 is 0 Å². The van der Waals surface area contributed by atoms with E-state index in [0.717, 1.165) is 25.7 Å². The lowest BCUT2D eigenvalue weighted by atomic mass is 9.77. The van der Waals surface area contributed by atoms with Crippen molar-refractivity contribution < 1.29 is 34.1 Å². The molecule has 34 heavy (non-hydrogen) atoms. The first-order valence-electron chi connectivity index (χ1n) is 11.9. The van der Waals surface area contributed by atoms with E-state index in [-0.39, 0.29) is 25.0 Å². The van der Waals surface area contributed by atoms with Crippen LogP contribution < -0.4 is 14.8 Å². The third kappa shape index (κ3) is 4.07. The molecular weight excluding hydrogens is 440 g/mol. The Bertz CT molecular complexity index is 1030. The second-order valence-electron chi connectivity index (χ2n) is 9.61. The van der Waals surface area contributed by atoms with Gasteiger partial charge in [-0.2, -0.15) is 0 Å². The molecule has 2 amide bonds. The van der Waals surface area contributed by atoms with Gasteiger partial charge in [0.05, 0.1) is 25.7 Å². The maximum absolute atomic E-state index is 13.2. The molecule has 5 rings (SSSR count). The summed E-state index contributed by atoms with van der Waals surface area (Å²) in [6, 6.07) is 2.49. The van der Waals surface area contributed by atoms with E-state index in [1.54, 1.807) is 23.1 Å². The summed E-state index contributed by atoms with van der Waals surface area (Å²) in [5, 5.41) is 23.4. The van der Waals surface area contributed by atoms with Gasteiger partial charge in [-0.15, -0.1) is 0 Å². The van der Waals surface area contributed by atoms with E-state index < -0.39 is 30.1 Å². The van der Waals surface area contributed by atoms with E-state index in [1.807, 2.05) is 0 Å². The van der Waals surface area contributed by atoms with Gasteiger partial charge in [0, 0.05) is 35.7 Å². The van der Waals surface area contributed by atoms with Crippen LogP contribution in [-0.4, -0.2) is 78.3 Å². The minimum absolute atomic E-state index is 0.0112. The number of carbonyl (C=O) groups is 3. The number of fused-ring (bicyclic) bond motifs is 3. The number of aliphatic hydroxyl groups is 2. The van der Waals surface area contributed by atoms with Crippen LogP contribution in [0, 0.1) is 11.8 Å². The largest absolute Gasteiger partial charge is 0.493 e. The molecule has 0 aromatic heterocycles. The number of amides is 2. The molecule has 0 radical (unpaired) electrons. The molecule has 2 saturated carbocycles. The maximum atomic E-state index is 13.2. The Kier molecular flexibility index (Phi) is 6.07. The van der Waals surface area contributed by atoms with Gasteiger partial charge in [-0.1, -0.05) is 0 Å². The van der Waals surface area contributed by atoms with Gasteiger partial charge in [-0.25, -0.2) is 0 Å². The van der Waals surface area contributed by atoms with Gasteiger partial charge >= 0.3 is 0 Å². The fourth-order valence-electron chi connectivity index (χ4n) is 5.06. The molecule has 182 valence electrons. The highest BCUT2D eigenvalue weighted by Gasteiger charge is 2.52. The molecule has 0 spiro atoms. The molecule has 3 aliphatic carbocycles. The monoisotopic (exact) mass is 470 g/mol. The smallest absolute Gasteiger partial charge is 0.247 e. The third-order valence-electron chi connectivity index (χ3n) is 7.13. The van der Waals surface area contributed by atoms with Crippen molar-refractivity contribution in [1.29, 1.82) is 0 Å². The molecule has 0 saturated heterocycles. The summed E-state index contributed by atoms with van der Waals surface area (Å²) >= 11 is 0. The lowest BCUT2D eigenvalue weighted by Gasteiger charge is -2.41. The molecule has 3 N–H and O–H groups in total. The molecule has 1 aliphatic heterocycles. The number of methoxy groups -OCH3 is 1. The summed E-state index contributed by atoms with van der Waals surface area (Å²) < 4.78 is 11.6. The topological polar surface area (TPSA) is 125 Å². The molecule has 4 aliphatic rings. The second-order valence-corrected chi connectivity index (χ2v) is 9.61. The zero-order valence-electron chi connectivity index (χ0n) is 19.1. The number of carbonyl (C=O) groups excluding carboxylic acids is 3. The molecule has 9 nitrogen and oxygen atoms in total. The lowest BCUT2D eigenvalue weighted by molar-refractivity contribution is -0.138. The average molecular weight is 471 g/mol. The normalized spacial score (nSPS) is 27.1. The highest BCUT2D eigenvalue weighted by molar-refractivity contribution is 5.96. The average Bonchev–Trinajstić information content (AvgIpc) is 3.78. The van der Waals surface area contributed by atoms with Crippen LogP contribution in [0.5, 0.6) is 11.5 Å². The number of benzene rings is 1. The van der Waals surface area contributed by atoms with Crippen molar-refractivity contribution in [2.75, 3.05) is 26.8 Å². The third-order valence-corrected chi connectivity index (χ3v) is 7.13. The predicted molar refractivity (Wildman–Crippen MR) is 121 cm³/mol. The summed E-state index contributed by atoms with van der Waals surface area (Å²) in [4.78, 5) is 39.7. The molecule has 9 heteroatoms. The van der Waals surface area contributed by atoms with E-state index in [4.69, 9.17) is 9.47 Å². The lowest BCUT2D eigenvalue weighted by Crippen LogP contribution is -2.56. The van der Waals surface area contributed by atoms with Gasteiger partial charge in [0.25, 0.3) is 0 Å². The second kappa shape index (κ2) is 9.03. The van der Waals surface area contributed by atoms with Crippen molar-refractivity contribution in [2.45, 2.75) is 49.9 Å². The number of hydrogen-bond donors (Lipinski definition) is 3. The Hall–Kier alpha value is -2.91. The van der Waals surface area contributed by atoms with Crippen molar-refractivity contribution in [3.8, 4) is 11.5 Å². The molecule has 0 unspecified atom stereocenters. The van der Waals surface area contributed by atoms with Crippen molar-refractivity contribution >= 4 is 18.1 Å². The number of aldehydes is 1. The van der Waals surface area contributed by atoms with Crippen LogP contribution in [0.2, 0.25) is 0 Å². The van der Waals surface area contributed by atoms with E-state index in [1.165, 1.54) is 7.11 Å². The molecule has 1 heterocycles. The van der Waals surface area contributed by atoms with Gasteiger partial charge in [-0.3, -0.25) is 14.4 Å². The molecule has 1 aromatic rings. The molecule has 0 bridgehead atoms. The van der Waals surface area contributed by atoms with E-state index in [0.29, 0.717) is 46.9 Å². The Morgan fingerprint density at radius 2 is 2.03 bits per heavy atom. The Labute approximate surface area is 197 Å². The van der Waals surface area contributed by atoms with Crippen LogP contribution in [0.25, 0.3) is 0 Å². The summed E-state index contributed by atoms with van der Waals surface area (Å²) in [6.07, 6.45) is 4.25. The zero-order chi connectivity index (χ0) is 24.0. The van der Waals surface area contributed by atoms with Crippen LogP contribution in [0.4, 0.5) is 0 Å². The van der Waals surface area contributed by atoms with Crippen molar-refractivity contribution in [3.63, 3.8) is 0 Å². The minimum atomic E-state index is -1.07.